The van der Waals surface area contributed by atoms with Crippen LogP contribution in [0.15, 0.2) is 5.11 Å². The molecular weight excluding hydrogens is 290 g/mol. The summed E-state index contributed by atoms with van der Waals surface area (Å²) in [6.45, 7) is 2.62. The molecule has 1 aliphatic rings. The molecule has 1 aliphatic heterocycles. The largest absolute Gasteiger partial charge is 0.390 e. The molecule has 23 heavy (non-hydrogen) atoms. The van der Waals surface area contributed by atoms with Gasteiger partial charge in [0.05, 0.1) is 24.9 Å². The Balaban J connectivity index is 1.86. The molecule has 1 N–H and O–H groups in total. The second kappa shape index (κ2) is 13.6. The number of ether oxygens (including phenoxy) is 1. The molecule has 134 valence electrons. The number of aliphatic hydroxyl groups excluding tert-OH is 1. The smallest absolute Gasteiger partial charge is 0.0908 e. The molecule has 1 heterocycles. The highest BCUT2D eigenvalue weighted by Gasteiger charge is 2.34. The van der Waals surface area contributed by atoms with Crippen molar-refractivity contribution < 1.29 is 9.84 Å². The molecule has 3 atom stereocenters. The highest BCUT2D eigenvalue weighted by Crippen LogP contribution is 2.22. The summed E-state index contributed by atoms with van der Waals surface area (Å²) in [5.41, 5.74) is 8.41. The van der Waals surface area contributed by atoms with Gasteiger partial charge in [-0.1, -0.05) is 89.1 Å². The zero-order valence-electron chi connectivity index (χ0n) is 14.8. The minimum Gasteiger partial charge on any atom is -0.390 e. The fraction of sp³-hybridized carbons (Fsp3) is 1.00. The van der Waals surface area contributed by atoms with E-state index < -0.39 is 12.1 Å². The number of azide groups is 1. The molecule has 0 bridgehead atoms. The van der Waals surface area contributed by atoms with E-state index in [0.29, 0.717) is 6.61 Å². The standard InChI is InChI=1S/C18H35N3O2/c1-2-3-4-5-6-7-8-9-10-11-12-13-14-17-18(22)16(15-23-17)20-21-19/h16-18,22H,2-15H2,1H3/t16-,17+,18+/m0/s1. The molecule has 0 radical (unpaired) electrons. The SMILES string of the molecule is CCCCCCCCCCCCCC[C@H]1OC[C@H](N=[N+]=[N-])[C@H]1O. The van der Waals surface area contributed by atoms with Gasteiger partial charge in [-0.2, -0.15) is 0 Å². The van der Waals surface area contributed by atoms with Crippen molar-refractivity contribution in [2.45, 2.75) is 109 Å². The summed E-state index contributed by atoms with van der Waals surface area (Å²) in [6, 6.07) is -0.401. The average molecular weight is 325 g/mol. The third-order valence-corrected chi connectivity index (χ3v) is 4.80. The van der Waals surface area contributed by atoms with Crippen LogP contribution in [0, 0.1) is 0 Å². The van der Waals surface area contributed by atoms with Crippen LogP contribution < -0.4 is 0 Å². The summed E-state index contributed by atoms with van der Waals surface area (Å²) >= 11 is 0. The van der Waals surface area contributed by atoms with E-state index in [9.17, 15) is 5.11 Å². The van der Waals surface area contributed by atoms with Crippen molar-refractivity contribution in [2.24, 2.45) is 5.11 Å². The number of rotatable bonds is 14. The van der Waals surface area contributed by atoms with Gasteiger partial charge in [0.15, 0.2) is 0 Å². The Labute approximate surface area is 141 Å². The number of unbranched alkanes of at least 4 members (excludes halogenated alkanes) is 11. The van der Waals surface area contributed by atoms with Crippen LogP contribution in [0.3, 0.4) is 0 Å². The summed E-state index contributed by atoms with van der Waals surface area (Å²) < 4.78 is 5.52. The first kappa shape index (κ1) is 20.3. The van der Waals surface area contributed by atoms with Gasteiger partial charge in [-0.25, -0.2) is 0 Å². The molecule has 0 aromatic carbocycles. The third kappa shape index (κ3) is 9.19. The quantitative estimate of drug-likeness (QED) is 0.198. The maximum absolute atomic E-state index is 9.97. The fourth-order valence-corrected chi connectivity index (χ4v) is 3.28. The summed E-state index contributed by atoms with van der Waals surface area (Å²) in [5, 5.41) is 13.5. The van der Waals surface area contributed by atoms with E-state index in [1.807, 2.05) is 0 Å². The minimum absolute atomic E-state index is 0.145. The van der Waals surface area contributed by atoms with Gasteiger partial charge in [-0.3, -0.25) is 0 Å². The Kier molecular flexibility index (Phi) is 12.0. The molecule has 0 unspecified atom stereocenters. The number of hydrogen-bond acceptors (Lipinski definition) is 3. The van der Waals surface area contributed by atoms with Crippen LogP contribution in [-0.2, 0) is 4.74 Å². The molecule has 5 nitrogen and oxygen atoms in total. The number of aliphatic hydroxyl groups is 1. The van der Waals surface area contributed by atoms with Gasteiger partial charge >= 0.3 is 0 Å². The van der Waals surface area contributed by atoms with Crippen LogP contribution >= 0.6 is 0 Å². The van der Waals surface area contributed by atoms with Crippen molar-refractivity contribution in [3.63, 3.8) is 0 Å². The van der Waals surface area contributed by atoms with Crippen LogP contribution in [0.2, 0.25) is 0 Å². The minimum atomic E-state index is -0.626. The molecule has 1 saturated heterocycles. The van der Waals surface area contributed by atoms with Crippen molar-refractivity contribution in [2.75, 3.05) is 6.61 Å². The van der Waals surface area contributed by atoms with Gasteiger partial charge in [-0.05, 0) is 12.0 Å². The topological polar surface area (TPSA) is 78.2 Å². The lowest BCUT2D eigenvalue weighted by atomic mass is 10.0. The summed E-state index contributed by atoms with van der Waals surface area (Å²) in [5.74, 6) is 0. The predicted molar refractivity (Wildman–Crippen MR) is 94.4 cm³/mol. The summed E-state index contributed by atoms with van der Waals surface area (Å²) in [4.78, 5) is 2.75. The maximum Gasteiger partial charge on any atom is 0.0908 e. The van der Waals surface area contributed by atoms with Crippen LogP contribution in [-0.4, -0.2) is 30.0 Å². The van der Waals surface area contributed by atoms with Crippen molar-refractivity contribution in [3.8, 4) is 0 Å². The van der Waals surface area contributed by atoms with Crippen molar-refractivity contribution >= 4 is 0 Å². The Bertz CT molecular complexity index is 332. The lowest BCUT2D eigenvalue weighted by Gasteiger charge is -2.14. The summed E-state index contributed by atoms with van der Waals surface area (Å²) in [6.07, 6.45) is 16.1. The molecule has 1 rings (SSSR count). The van der Waals surface area contributed by atoms with Crippen molar-refractivity contribution in [1.29, 1.82) is 0 Å². The van der Waals surface area contributed by atoms with Crippen molar-refractivity contribution in [3.05, 3.63) is 10.4 Å². The predicted octanol–water partition coefficient (Wildman–Crippen LogP) is 5.52. The lowest BCUT2D eigenvalue weighted by molar-refractivity contribution is 0.0342. The second-order valence-corrected chi connectivity index (χ2v) is 6.81. The zero-order valence-corrected chi connectivity index (χ0v) is 14.8. The Hall–Kier alpha value is -0.770. The lowest BCUT2D eigenvalue weighted by Crippen LogP contribution is -2.28. The number of hydrogen-bond donors (Lipinski definition) is 1. The van der Waals surface area contributed by atoms with Gasteiger partial charge in [-0.15, -0.1) is 0 Å². The van der Waals surface area contributed by atoms with E-state index in [4.69, 9.17) is 10.3 Å². The Morgan fingerprint density at radius 2 is 1.48 bits per heavy atom. The third-order valence-electron chi connectivity index (χ3n) is 4.80. The molecule has 1 fully saturated rings. The van der Waals surface area contributed by atoms with E-state index in [0.717, 1.165) is 12.8 Å². The van der Waals surface area contributed by atoms with Crippen LogP contribution in [0.5, 0.6) is 0 Å². The van der Waals surface area contributed by atoms with E-state index in [1.165, 1.54) is 70.6 Å². The second-order valence-electron chi connectivity index (χ2n) is 6.81. The normalized spacial score (nSPS) is 23.8. The van der Waals surface area contributed by atoms with E-state index >= 15 is 0 Å². The number of nitrogens with zero attached hydrogens (tertiary/aromatic N) is 3. The highest BCUT2D eigenvalue weighted by atomic mass is 16.5. The molecule has 0 amide bonds. The fourth-order valence-electron chi connectivity index (χ4n) is 3.28. The average Bonchev–Trinajstić information content (AvgIpc) is 2.89. The molecule has 0 saturated carbocycles. The van der Waals surface area contributed by atoms with E-state index in [-0.39, 0.29) is 6.10 Å². The van der Waals surface area contributed by atoms with Crippen LogP contribution in [0.4, 0.5) is 0 Å². The molecule has 5 heteroatoms. The maximum atomic E-state index is 9.97. The van der Waals surface area contributed by atoms with Gasteiger partial charge in [0, 0.05) is 4.91 Å². The van der Waals surface area contributed by atoms with Gasteiger partial charge < -0.3 is 9.84 Å². The summed E-state index contributed by atoms with van der Waals surface area (Å²) in [7, 11) is 0. The van der Waals surface area contributed by atoms with Gasteiger partial charge in [0.1, 0.15) is 0 Å². The molecule has 0 aliphatic carbocycles. The molecule has 0 aromatic rings. The Morgan fingerprint density at radius 3 is 2.00 bits per heavy atom. The first-order valence-electron chi connectivity index (χ1n) is 9.63. The zero-order chi connectivity index (χ0) is 16.8. The van der Waals surface area contributed by atoms with Crippen molar-refractivity contribution in [1.82, 2.24) is 0 Å². The van der Waals surface area contributed by atoms with Gasteiger partial charge in [0.2, 0.25) is 0 Å². The van der Waals surface area contributed by atoms with Gasteiger partial charge in [0.25, 0.3) is 0 Å². The van der Waals surface area contributed by atoms with E-state index in [2.05, 4.69) is 16.9 Å². The molecule has 0 aromatic heterocycles. The van der Waals surface area contributed by atoms with Crippen LogP contribution in [0.1, 0.15) is 90.4 Å². The first-order valence-corrected chi connectivity index (χ1v) is 9.63. The van der Waals surface area contributed by atoms with Crippen LogP contribution in [0.25, 0.3) is 10.4 Å². The molecular formula is C18H35N3O2. The first-order chi connectivity index (χ1) is 11.3. The molecule has 0 spiro atoms. The monoisotopic (exact) mass is 325 g/mol. The highest BCUT2D eigenvalue weighted by molar-refractivity contribution is 4.88. The van der Waals surface area contributed by atoms with E-state index in [1.54, 1.807) is 0 Å². The Morgan fingerprint density at radius 1 is 0.957 bits per heavy atom.